The number of amides is 12. The Hall–Kier alpha value is -6.04. The fourth-order valence-electron chi connectivity index (χ4n) is 11.0. The van der Waals surface area contributed by atoms with E-state index >= 15 is 14.4 Å². The third-order valence-corrected chi connectivity index (χ3v) is 17.9. The Bertz CT molecular complexity index is 3090. The Labute approximate surface area is 583 Å². The number of carboxylic acid groups (broad SMARTS) is 1. The number of aliphatic carboxylic acids is 1. The number of ether oxygens (including phenoxy) is 1. The highest BCUT2D eigenvalue weighted by Crippen LogP contribution is 2.45. The van der Waals surface area contributed by atoms with Crippen LogP contribution in [0.2, 0.25) is 0 Å². The van der Waals surface area contributed by atoms with Crippen LogP contribution in [0.5, 0.6) is 0 Å². The van der Waals surface area contributed by atoms with Gasteiger partial charge in [-0.15, -0.1) is 22.9 Å². The highest BCUT2D eigenvalue weighted by Gasteiger charge is 2.48. The summed E-state index contributed by atoms with van der Waals surface area (Å²) in [6.45, 7) is 0.863. The van der Waals surface area contributed by atoms with Gasteiger partial charge in [0.15, 0.2) is 0 Å². The SMILES string of the molecule is [B]B([B])B([B])B(B([B])[B])B1C=C1CC(C(=O)O)N(CCNC(=O)C(C=P(O)(OCC)OCC)N(CCNC(=O)C(CC1=CB1B(B([B])[B])B([B])B([B])[B])N(CCNC(=O)OC(C)(C)C)C(=O)CN1C=CC(N)NC1=O)C(=O)CN1C=CC(N)NC1=O)C(=O)CN1C=CC(N)NC1=O. The topological polar surface area (TPSA) is 409 Å². The maximum atomic E-state index is 15.2. The van der Waals surface area contributed by atoms with Crippen LogP contribution >= 0.6 is 7.57 Å². The van der Waals surface area contributed by atoms with Gasteiger partial charge in [0.25, 0.3) is 7.57 Å². The van der Waals surface area contributed by atoms with Crippen molar-refractivity contribution < 1.29 is 71.7 Å². The minimum atomic E-state index is -4.31. The summed E-state index contributed by atoms with van der Waals surface area (Å²) in [5.41, 5.74) is 17.7. The first-order valence-electron chi connectivity index (χ1n) is 31.3. The predicted octanol–water partition coefficient (Wildman–Crippen LogP) is -10.4. The predicted molar refractivity (Wildman–Crippen MR) is 390 cm³/mol. The number of carboxylic acids is 1. The van der Waals surface area contributed by atoms with Crippen LogP contribution in [0.25, 0.3) is 0 Å². The maximum Gasteiger partial charge on any atom is 0.407 e. The number of carbonyl (C=O) groups excluding carboxylic acids is 9. The lowest BCUT2D eigenvalue weighted by Gasteiger charge is -2.35. The summed E-state index contributed by atoms with van der Waals surface area (Å²) in [7, 11) is 56.8. The normalized spacial score (nSPS) is 17.8. The first-order chi connectivity index (χ1) is 45.4. The first kappa shape index (κ1) is 81.6. The van der Waals surface area contributed by atoms with Crippen LogP contribution in [-0.2, 0) is 42.6 Å². The van der Waals surface area contributed by atoms with Crippen molar-refractivity contribution in [2.75, 3.05) is 72.1 Å². The number of hydrogen-bond donors (Lipinski definition) is 11. The molecule has 0 aromatic rings. The van der Waals surface area contributed by atoms with Crippen molar-refractivity contribution in [1.29, 1.82) is 0 Å². The van der Waals surface area contributed by atoms with Crippen molar-refractivity contribution in [3.8, 4) is 0 Å². The van der Waals surface area contributed by atoms with Gasteiger partial charge in [-0.3, -0.25) is 38.7 Å². The lowest BCUT2D eigenvalue weighted by molar-refractivity contribution is -0.150. The van der Waals surface area contributed by atoms with E-state index in [4.69, 9.17) is 108 Å². The molecule has 0 aromatic carbocycles. The van der Waals surface area contributed by atoms with E-state index in [0.717, 1.165) is 35.2 Å². The number of nitrogens with zero attached hydrogens (tertiary/aromatic N) is 6. The van der Waals surface area contributed by atoms with Gasteiger partial charge in [-0.2, -0.15) is 0 Å². The van der Waals surface area contributed by atoms with Crippen LogP contribution in [-0.4, -0.2) is 361 Å². The van der Waals surface area contributed by atoms with Gasteiger partial charge in [0.1, 0.15) is 56.6 Å². The van der Waals surface area contributed by atoms with Crippen molar-refractivity contribution in [3.63, 3.8) is 0 Å². The zero-order valence-electron chi connectivity index (χ0n) is 55.0. The van der Waals surface area contributed by atoms with Crippen molar-refractivity contribution >= 4 is 215 Å². The van der Waals surface area contributed by atoms with E-state index in [-0.39, 0.29) is 32.6 Å². The van der Waals surface area contributed by atoms with Crippen molar-refractivity contribution in [1.82, 2.24) is 61.3 Å². The van der Waals surface area contributed by atoms with E-state index in [1.54, 1.807) is 32.7 Å². The smallest absolute Gasteiger partial charge is 0.407 e. The molecule has 0 saturated heterocycles. The number of rotatable bonds is 38. The number of nitrogens with two attached hydrogens (primary N) is 3. The summed E-state index contributed by atoms with van der Waals surface area (Å²) >= 11 is 0. The molecule has 484 valence electrons. The van der Waals surface area contributed by atoms with Crippen LogP contribution < -0.4 is 49.1 Å². The van der Waals surface area contributed by atoms with Gasteiger partial charge in [0, 0.05) is 192 Å². The van der Waals surface area contributed by atoms with Gasteiger partial charge in [-0.1, -0.05) is 0 Å². The second kappa shape index (κ2) is 36.9. The first-order valence-corrected chi connectivity index (χ1v) is 33.0. The molecule has 20 radical (unpaired) electrons. The molecule has 0 saturated carbocycles. The molecule has 6 atom stereocenters. The Morgan fingerprint density at radius 1 is 0.608 bits per heavy atom. The lowest BCUT2D eigenvalue weighted by Crippen LogP contribution is -2.64. The highest BCUT2D eigenvalue weighted by molar-refractivity contribution is 8.02. The van der Waals surface area contributed by atoms with Crippen LogP contribution in [0.4, 0.5) is 19.2 Å². The Morgan fingerprint density at radius 3 is 1.33 bits per heavy atom. The molecule has 6 unspecified atom stereocenters. The second-order valence-electron chi connectivity index (χ2n) is 24.5. The molecule has 97 heavy (non-hydrogen) atoms. The Balaban J connectivity index is 1.57. The van der Waals surface area contributed by atoms with Gasteiger partial charge in [-0.25, -0.2) is 24.0 Å². The molecule has 12 amide bonds. The van der Waals surface area contributed by atoms with Crippen LogP contribution in [0.3, 0.4) is 0 Å². The van der Waals surface area contributed by atoms with E-state index in [1.807, 2.05) is 0 Å². The molecule has 5 heterocycles. The third kappa shape index (κ3) is 24.4. The quantitative estimate of drug-likeness (QED) is 0.0202. The molecule has 5 aliphatic heterocycles. The van der Waals surface area contributed by atoms with Crippen molar-refractivity contribution in [3.05, 3.63) is 59.7 Å². The lowest BCUT2D eigenvalue weighted by atomic mass is 8.57. The Kier molecular flexibility index (Phi) is 31.0. The number of nitrogens with one attached hydrogen (secondary N) is 6. The zero-order chi connectivity index (χ0) is 72.6. The van der Waals surface area contributed by atoms with E-state index in [9.17, 15) is 43.6 Å². The fourth-order valence-corrected chi connectivity index (χ4v) is 12.6. The summed E-state index contributed by atoms with van der Waals surface area (Å²) in [6.07, 6.45) is -4.21. The molecule has 14 N–H and O–H groups in total. The summed E-state index contributed by atoms with van der Waals surface area (Å²) in [4.78, 5) is 158. The highest BCUT2D eigenvalue weighted by atomic mass is 31.2. The molecule has 30 nitrogen and oxygen atoms in total. The van der Waals surface area contributed by atoms with E-state index in [2.05, 4.69) is 31.9 Å². The zero-order valence-corrected chi connectivity index (χ0v) is 55.9. The number of alkyl carbamates (subject to hydrolysis) is 1. The van der Waals surface area contributed by atoms with Gasteiger partial charge in [0.05, 0.1) is 31.7 Å². The van der Waals surface area contributed by atoms with Crippen LogP contribution in [0.1, 0.15) is 47.5 Å². The molecule has 51 heteroatoms. The van der Waals surface area contributed by atoms with E-state index in [0.29, 0.717) is 10.9 Å². The molecular formula is C46H70B20N15O15P. The van der Waals surface area contributed by atoms with Gasteiger partial charge in [-0.05, 0) is 65.7 Å². The molecule has 0 aromatic heterocycles. The van der Waals surface area contributed by atoms with Crippen molar-refractivity contribution in [2.45, 2.75) is 89.7 Å². The van der Waals surface area contributed by atoms with E-state index in [1.165, 1.54) is 50.7 Å². The number of urea groups is 3. The van der Waals surface area contributed by atoms with Gasteiger partial charge in [0.2, 0.25) is 29.5 Å². The molecule has 0 fully saturated rings. The molecule has 5 rings (SSSR count). The standard InChI is InChI=1S/C46H70B20N15O15P/c1-6-94-97(93,95-7-2)27-32(40(86)71-11-17-80(37(83)25-77-15-9-34(68)74-43(77)90)31(41(87)88)21-29-23-58(29)66(62(53)54)64(56)60(49)50)81(38(84)26-78-16-10-35(69)75-44(78)91)18-12-70-39(85)30(20-28-22-57(28)65(61(51)52)63(55)59(47)48)79(19-13-72-45(92)96-46(3,4)5)36(82)24-76-14-8-33(67)73-42(76)89/h8-10,14-16,22-23,27,30-35,93H,6-7,11-13,17-21,24-26,67-69H2,1-5H3,(H,70,85)(H,71,86)(H,72,92)(H,73,89)(H,74,90)(H,75,91)(H,87,88). The van der Waals surface area contributed by atoms with Gasteiger partial charge >= 0.3 is 30.2 Å². The monoisotopic (exact) mass is 1320 g/mol. The van der Waals surface area contributed by atoms with Crippen LogP contribution in [0.15, 0.2) is 59.7 Å². The third-order valence-electron chi connectivity index (χ3n) is 16.0. The average molecular weight is 1320 g/mol. The fraction of sp³-hybridized carbons (Fsp3) is 0.543. The summed E-state index contributed by atoms with van der Waals surface area (Å²) in [5, 5.41) is 26.1. The van der Waals surface area contributed by atoms with E-state index < -0.39 is 226 Å². The minimum absolute atomic E-state index is 0.210. The summed E-state index contributed by atoms with van der Waals surface area (Å²) < 4.78 is 16.8. The summed E-state index contributed by atoms with van der Waals surface area (Å²) in [6, 6.07) is -7.64. The molecule has 0 bridgehead atoms. The molecule has 0 spiro atoms. The van der Waals surface area contributed by atoms with Crippen molar-refractivity contribution in [2.24, 2.45) is 17.2 Å². The number of hydrogen-bond acceptors (Lipinski definition) is 17. The average Bonchev–Trinajstić information content (AvgIpc) is 1.65. The van der Waals surface area contributed by atoms with Gasteiger partial charge < -0.3 is 87.6 Å². The minimum Gasteiger partial charge on any atom is -0.480 e. The van der Waals surface area contributed by atoms with Crippen LogP contribution in [0, 0.1) is 0 Å². The summed E-state index contributed by atoms with van der Waals surface area (Å²) in [5.74, 6) is -2.09. The molecular weight excluding hydrogens is 1250 g/mol. The number of carbonyl (C=O) groups is 10. The molecule has 5 aliphatic rings. The largest absolute Gasteiger partial charge is 0.480 e. The second-order valence-corrected chi connectivity index (χ2v) is 26.5. The maximum absolute atomic E-state index is 15.2. The molecule has 0 aliphatic carbocycles. The Morgan fingerprint density at radius 2 is 0.969 bits per heavy atom.